The van der Waals surface area contributed by atoms with E-state index in [1.54, 1.807) is 0 Å². The van der Waals surface area contributed by atoms with Gasteiger partial charge in [-0.15, -0.1) is 0 Å². The molecule has 0 radical (unpaired) electrons. The highest BCUT2D eigenvalue weighted by Gasteiger charge is 2.28. The first kappa shape index (κ1) is 56.6. The lowest BCUT2D eigenvalue weighted by atomic mass is 10.1. The molecule has 3 atom stereocenters. The van der Waals surface area contributed by atoms with Crippen LogP contribution in [0.25, 0.3) is 0 Å². The summed E-state index contributed by atoms with van der Waals surface area (Å²) < 4.78 is 47.7. The zero-order chi connectivity index (χ0) is 43.7. The predicted octanol–water partition coefficient (Wildman–Crippen LogP) is 11.0. The van der Waals surface area contributed by atoms with Crippen LogP contribution in [-0.2, 0) is 41.8 Å². The Morgan fingerprint density at radius 1 is 0.492 bits per heavy atom. The second-order valence-electron chi connectivity index (χ2n) is 14.3. The van der Waals surface area contributed by atoms with Gasteiger partial charge in [0, 0.05) is 12.8 Å². The first-order chi connectivity index (χ1) is 28.4. The molecule has 3 unspecified atom stereocenters. The number of hydrogen-bond acceptors (Lipinski definition) is 10. The highest BCUT2D eigenvalue weighted by Crippen LogP contribution is 2.43. The monoisotopic (exact) mass is 874 g/mol. The molecule has 0 saturated carbocycles. The Hall–Kier alpha value is -2.44. The topological polar surface area (TPSA) is 195 Å². The number of carbonyl (C=O) groups is 2. The highest BCUT2D eigenvalue weighted by molar-refractivity contribution is 7.47. The molecule has 0 aromatic carbocycles. The normalized spacial score (nSPS) is 14.7. The SMILES string of the molecule is CCCCCC=CCC=CCC=CCCCCCCC(=O)OC(COC(=O)CCCCC=CCC=CCC=CCCCCC)COP(=O)(O)OCC(O)COP(=O)(O)O. The number of unbranched alkanes of at least 4 members (excludes halogenated alkanes) is 12. The minimum atomic E-state index is -4.87. The minimum Gasteiger partial charge on any atom is -0.462 e. The maximum atomic E-state index is 12.7. The molecule has 0 bridgehead atoms. The molecule has 0 aromatic heterocycles. The van der Waals surface area contributed by atoms with Gasteiger partial charge < -0.3 is 29.3 Å². The first-order valence-electron chi connectivity index (χ1n) is 21.6. The number of rotatable bonds is 40. The summed E-state index contributed by atoms with van der Waals surface area (Å²) in [5.41, 5.74) is 0. The van der Waals surface area contributed by atoms with Crippen molar-refractivity contribution >= 4 is 27.6 Å². The molecule has 15 heteroatoms. The zero-order valence-corrected chi connectivity index (χ0v) is 37.6. The Morgan fingerprint density at radius 3 is 1.37 bits per heavy atom. The van der Waals surface area contributed by atoms with Crippen LogP contribution < -0.4 is 0 Å². The van der Waals surface area contributed by atoms with E-state index in [1.165, 1.54) is 38.5 Å². The fourth-order valence-corrected chi connectivity index (χ4v) is 6.40. The van der Waals surface area contributed by atoms with Crippen molar-refractivity contribution in [3.8, 4) is 0 Å². The van der Waals surface area contributed by atoms with E-state index < -0.39 is 66.2 Å². The number of ether oxygens (including phenoxy) is 2. The molecule has 0 heterocycles. The van der Waals surface area contributed by atoms with Crippen molar-refractivity contribution in [1.29, 1.82) is 0 Å². The van der Waals surface area contributed by atoms with E-state index in [9.17, 15) is 28.7 Å². The fourth-order valence-electron chi connectivity index (χ4n) is 5.24. The number of phosphoric ester groups is 2. The third-order valence-electron chi connectivity index (χ3n) is 8.56. The third kappa shape index (κ3) is 43.5. The zero-order valence-electron chi connectivity index (χ0n) is 35.8. The van der Waals surface area contributed by atoms with E-state index in [4.69, 9.17) is 23.8 Å². The molecule has 0 fully saturated rings. The number of aliphatic hydroxyl groups excluding tert-OH is 1. The van der Waals surface area contributed by atoms with Crippen molar-refractivity contribution in [2.75, 3.05) is 26.4 Å². The van der Waals surface area contributed by atoms with Gasteiger partial charge in [0.15, 0.2) is 6.10 Å². The summed E-state index contributed by atoms with van der Waals surface area (Å²) in [4.78, 5) is 52.6. The van der Waals surface area contributed by atoms with Crippen LogP contribution in [0.5, 0.6) is 0 Å². The molecule has 0 spiro atoms. The van der Waals surface area contributed by atoms with Gasteiger partial charge in [-0.3, -0.25) is 23.2 Å². The largest absolute Gasteiger partial charge is 0.472 e. The number of carbonyl (C=O) groups excluding carboxylic acids is 2. The minimum absolute atomic E-state index is 0.0939. The van der Waals surface area contributed by atoms with E-state index in [1.807, 2.05) is 0 Å². The summed E-state index contributed by atoms with van der Waals surface area (Å²) in [6.45, 7) is 1.62. The lowest BCUT2D eigenvalue weighted by Gasteiger charge is -2.20. The van der Waals surface area contributed by atoms with Gasteiger partial charge in [0.1, 0.15) is 12.7 Å². The van der Waals surface area contributed by atoms with E-state index in [0.29, 0.717) is 12.8 Å². The summed E-state index contributed by atoms with van der Waals surface area (Å²) in [6, 6.07) is 0. The second-order valence-corrected chi connectivity index (χ2v) is 16.9. The van der Waals surface area contributed by atoms with Gasteiger partial charge in [0.25, 0.3) is 0 Å². The Bertz CT molecular complexity index is 1320. The summed E-state index contributed by atoms with van der Waals surface area (Å²) in [7, 11) is -9.69. The number of allylic oxidation sites excluding steroid dienone is 12. The van der Waals surface area contributed by atoms with Gasteiger partial charge >= 0.3 is 27.6 Å². The Labute approximate surface area is 354 Å². The first-order valence-corrected chi connectivity index (χ1v) is 24.7. The number of aliphatic hydroxyl groups is 1. The molecule has 0 saturated heterocycles. The molecule has 0 aliphatic carbocycles. The average Bonchev–Trinajstić information content (AvgIpc) is 3.19. The van der Waals surface area contributed by atoms with Gasteiger partial charge in [-0.05, 0) is 89.9 Å². The van der Waals surface area contributed by atoms with Gasteiger partial charge in [-0.2, -0.15) is 0 Å². The van der Waals surface area contributed by atoms with Crippen LogP contribution in [-0.4, -0.2) is 70.4 Å². The van der Waals surface area contributed by atoms with Crippen LogP contribution in [0.3, 0.4) is 0 Å². The molecular formula is C44H76O13P2. The Kier molecular flexibility index (Phi) is 38.0. The molecule has 0 amide bonds. The second kappa shape index (κ2) is 39.7. The smallest absolute Gasteiger partial charge is 0.462 e. The molecule has 0 rings (SSSR count). The molecule has 0 aliphatic rings. The average molecular weight is 875 g/mol. The van der Waals surface area contributed by atoms with E-state index in [0.717, 1.165) is 77.0 Å². The highest BCUT2D eigenvalue weighted by atomic mass is 31.2. The van der Waals surface area contributed by atoms with Gasteiger partial charge in [0.05, 0.1) is 19.8 Å². The summed E-state index contributed by atoms with van der Waals surface area (Å²) in [5, 5.41) is 9.74. The van der Waals surface area contributed by atoms with Crippen LogP contribution in [0.15, 0.2) is 72.9 Å². The van der Waals surface area contributed by atoms with Gasteiger partial charge in [-0.1, -0.05) is 125 Å². The molecule has 59 heavy (non-hydrogen) atoms. The van der Waals surface area contributed by atoms with Crippen molar-refractivity contribution in [3.05, 3.63) is 72.9 Å². The van der Waals surface area contributed by atoms with Gasteiger partial charge in [0.2, 0.25) is 0 Å². The molecular weight excluding hydrogens is 798 g/mol. The number of hydrogen-bond donors (Lipinski definition) is 4. The maximum Gasteiger partial charge on any atom is 0.472 e. The van der Waals surface area contributed by atoms with Crippen molar-refractivity contribution < 1.29 is 61.6 Å². The quantitative estimate of drug-likeness (QED) is 0.0197. The molecule has 13 nitrogen and oxygen atoms in total. The third-order valence-corrected chi connectivity index (χ3v) is 9.99. The van der Waals surface area contributed by atoms with Crippen molar-refractivity contribution in [2.45, 2.75) is 167 Å². The van der Waals surface area contributed by atoms with Crippen LogP contribution in [0.1, 0.15) is 155 Å². The summed E-state index contributed by atoms with van der Waals surface area (Å²) in [6.07, 6.45) is 43.2. The number of phosphoric acid groups is 2. The van der Waals surface area contributed by atoms with Crippen molar-refractivity contribution in [3.63, 3.8) is 0 Å². The van der Waals surface area contributed by atoms with Crippen LogP contribution in [0, 0.1) is 0 Å². The molecule has 4 N–H and O–H groups in total. The number of esters is 2. The van der Waals surface area contributed by atoms with E-state index in [2.05, 4.69) is 95.8 Å². The summed E-state index contributed by atoms with van der Waals surface area (Å²) >= 11 is 0. The molecule has 0 aliphatic heterocycles. The maximum absolute atomic E-state index is 12.7. The van der Waals surface area contributed by atoms with Crippen molar-refractivity contribution in [2.24, 2.45) is 0 Å². The molecule has 340 valence electrons. The van der Waals surface area contributed by atoms with Gasteiger partial charge in [-0.25, -0.2) is 9.13 Å². The lowest BCUT2D eigenvalue weighted by molar-refractivity contribution is -0.161. The standard InChI is InChI=1S/C44H76O13P2/c1-3-5-7-9-11-13-15-17-19-20-22-24-26-28-30-32-34-36-44(47)57-42(40-56-59(51,52)55-38-41(45)37-54-58(48,49)50)39-53-43(46)35-33-31-29-27-25-23-21-18-16-14-12-10-8-6-4-2/h11-14,17-19,21-22,24-25,27,41-42,45H,3-10,15-16,20,23,26,28-40H2,1-2H3,(H,51,52)(H2,48,49,50). The Balaban J connectivity index is 4.65. The van der Waals surface area contributed by atoms with Crippen LogP contribution >= 0.6 is 15.6 Å². The van der Waals surface area contributed by atoms with Crippen molar-refractivity contribution in [1.82, 2.24) is 0 Å². The van der Waals surface area contributed by atoms with E-state index >= 15 is 0 Å². The fraction of sp³-hybridized carbons (Fsp3) is 0.682. The predicted molar refractivity (Wildman–Crippen MR) is 234 cm³/mol. The Morgan fingerprint density at radius 2 is 0.881 bits per heavy atom. The lowest BCUT2D eigenvalue weighted by Crippen LogP contribution is -2.30. The van der Waals surface area contributed by atoms with Crippen LogP contribution in [0.2, 0.25) is 0 Å². The molecule has 0 aromatic rings. The van der Waals surface area contributed by atoms with E-state index in [-0.39, 0.29) is 12.8 Å². The van der Waals surface area contributed by atoms with Crippen LogP contribution in [0.4, 0.5) is 0 Å². The summed E-state index contributed by atoms with van der Waals surface area (Å²) in [5.74, 6) is -1.11.